The summed E-state index contributed by atoms with van der Waals surface area (Å²) in [7, 11) is 3.30. The van der Waals surface area contributed by atoms with E-state index in [-0.39, 0.29) is 42.5 Å². The standard InChI is InChI=1S/C20H25N7O2.HI/c1-4-14-6-5-7-15(10-14)23-19(28)11-22-20(21-2)24-16-8-9-18-25-17(13-29-3)26-27(18)12-16;/h1,5-7,10,16H,8-9,11-13H2,2-3H3,(H,23,28)(H2,21,22,24);1H. The van der Waals surface area contributed by atoms with E-state index in [0.29, 0.717) is 36.2 Å². The normalized spacial score (nSPS) is 15.4. The fourth-order valence-electron chi connectivity index (χ4n) is 3.11. The Hall–Kier alpha value is -2.65. The molecule has 3 rings (SSSR count). The van der Waals surface area contributed by atoms with Crippen LogP contribution in [0.15, 0.2) is 29.3 Å². The molecule has 1 aliphatic rings. The van der Waals surface area contributed by atoms with Crippen molar-refractivity contribution < 1.29 is 9.53 Å². The first-order valence-electron chi connectivity index (χ1n) is 9.36. The molecule has 0 saturated heterocycles. The zero-order valence-electron chi connectivity index (χ0n) is 17.0. The highest BCUT2D eigenvalue weighted by molar-refractivity contribution is 14.0. The molecular formula is C20H26IN7O2. The van der Waals surface area contributed by atoms with Gasteiger partial charge < -0.3 is 20.7 Å². The van der Waals surface area contributed by atoms with E-state index < -0.39 is 0 Å². The molecular weight excluding hydrogens is 497 g/mol. The van der Waals surface area contributed by atoms with Crippen molar-refractivity contribution in [3.8, 4) is 12.3 Å². The van der Waals surface area contributed by atoms with Crippen molar-refractivity contribution >= 4 is 41.5 Å². The van der Waals surface area contributed by atoms with Crippen LogP contribution in [0.5, 0.6) is 0 Å². The average molecular weight is 523 g/mol. The number of fused-ring (bicyclic) bond motifs is 1. The van der Waals surface area contributed by atoms with Gasteiger partial charge in [-0.3, -0.25) is 9.79 Å². The average Bonchev–Trinajstić information content (AvgIpc) is 3.13. The molecule has 0 saturated carbocycles. The van der Waals surface area contributed by atoms with Gasteiger partial charge in [-0.05, 0) is 24.6 Å². The molecule has 1 amide bonds. The number of carbonyl (C=O) groups excluding carboxylic acids is 1. The number of anilines is 1. The minimum absolute atomic E-state index is 0. The van der Waals surface area contributed by atoms with Gasteiger partial charge in [-0.1, -0.05) is 12.0 Å². The zero-order valence-corrected chi connectivity index (χ0v) is 19.3. The lowest BCUT2D eigenvalue weighted by Crippen LogP contribution is -2.48. The number of benzene rings is 1. The molecule has 1 aromatic carbocycles. The molecule has 3 N–H and O–H groups in total. The number of halogens is 1. The molecule has 0 fully saturated rings. The third kappa shape index (κ3) is 6.43. The van der Waals surface area contributed by atoms with Gasteiger partial charge in [-0.25, -0.2) is 9.67 Å². The molecule has 10 heteroatoms. The van der Waals surface area contributed by atoms with Crippen molar-refractivity contribution in [1.82, 2.24) is 25.4 Å². The maximum Gasteiger partial charge on any atom is 0.243 e. The van der Waals surface area contributed by atoms with Crippen LogP contribution >= 0.6 is 24.0 Å². The quantitative estimate of drug-likeness (QED) is 0.227. The van der Waals surface area contributed by atoms with Gasteiger partial charge in [-0.15, -0.1) is 30.4 Å². The topological polar surface area (TPSA) is 105 Å². The minimum atomic E-state index is -0.187. The van der Waals surface area contributed by atoms with Crippen molar-refractivity contribution in [3.05, 3.63) is 41.5 Å². The number of aryl methyl sites for hydroxylation is 1. The minimum Gasteiger partial charge on any atom is -0.377 e. The number of methoxy groups -OCH3 is 1. The number of amides is 1. The van der Waals surface area contributed by atoms with Crippen molar-refractivity contribution in [1.29, 1.82) is 0 Å². The summed E-state index contributed by atoms with van der Waals surface area (Å²) in [6.07, 6.45) is 7.10. The summed E-state index contributed by atoms with van der Waals surface area (Å²) in [6, 6.07) is 7.30. The molecule has 1 unspecified atom stereocenters. The molecule has 30 heavy (non-hydrogen) atoms. The van der Waals surface area contributed by atoms with Gasteiger partial charge in [-0.2, -0.15) is 5.10 Å². The van der Waals surface area contributed by atoms with Crippen molar-refractivity contribution in [2.75, 3.05) is 26.0 Å². The van der Waals surface area contributed by atoms with E-state index in [1.807, 2.05) is 10.7 Å². The zero-order chi connectivity index (χ0) is 20.6. The third-order valence-electron chi connectivity index (χ3n) is 4.47. The van der Waals surface area contributed by atoms with Crippen molar-refractivity contribution in [3.63, 3.8) is 0 Å². The molecule has 1 aromatic heterocycles. The molecule has 0 radical (unpaired) electrons. The fourth-order valence-corrected chi connectivity index (χ4v) is 3.11. The van der Waals surface area contributed by atoms with Crippen LogP contribution in [0.25, 0.3) is 0 Å². The molecule has 2 heterocycles. The van der Waals surface area contributed by atoms with Crippen LogP contribution in [0, 0.1) is 12.3 Å². The Morgan fingerprint density at radius 1 is 1.47 bits per heavy atom. The second kappa shape index (κ2) is 11.5. The molecule has 0 bridgehead atoms. The summed E-state index contributed by atoms with van der Waals surface area (Å²) in [6.45, 7) is 1.16. The Bertz CT molecular complexity index is 935. The Morgan fingerprint density at radius 3 is 3.03 bits per heavy atom. The smallest absolute Gasteiger partial charge is 0.243 e. The van der Waals surface area contributed by atoms with Gasteiger partial charge in [0.2, 0.25) is 5.91 Å². The summed E-state index contributed by atoms with van der Waals surface area (Å²) in [5.74, 6) is 4.57. The lowest BCUT2D eigenvalue weighted by Gasteiger charge is -2.25. The number of guanidine groups is 1. The monoisotopic (exact) mass is 523 g/mol. The number of rotatable bonds is 6. The number of nitrogens with one attached hydrogen (secondary N) is 3. The first-order chi connectivity index (χ1) is 14.1. The number of hydrogen-bond acceptors (Lipinski definition) is 5. The molecule has 1 aliphatic heterocycles. The van der Waals surface area contributed by atoms with Gasteiger partial charge >= 0.3 is 0 Å². The maximum absolute atomic E-state index is 12.2. The van der Waals surface area contributed by atoms with Crippen LogP contribution in [0.3, 0.4) is 0 Å². The van der Waals surface area contributed by atoms with Crippen LogP contribution in [0.4, 0.5) is 5.69 Å². The Balaban J connectivity index is 0.00000320. The number of terminal acetylenes is 1. The molecule has 9 nitrogen and oxygen atoms in total. The predicted molar refractivity (Wildman–Crippen MR) is 126 cm³/mol. The van der Waals surface area contributed by atoms with Crippen LogP contribution in [-0.2, 0) is 29.1 Å². The van der Waals surface area contributed by atoms with Crippen molar-refractivity contribution in [2.24, 2.45) is 4.99 Å². The predicted octanol–water partition coefficient (Wildman–Crippen LogP) is 1.14. The van der Waals surface area contributed by atoms with Crippen LogP contribution in [0.2, 0.25) is 0 Å². The number of aliphatic imine (C=N–C) groups is 1. The Kier molecular flexibility index (Phi) is 9.07. The summed E-state index contributed by atoms with van der Waals surface area (Å²) in [5, 5.41) is 13.6. The summed E-state index contributed by atoms with van der Waals surface area (Å²) in [5.41, 5.74) is 1.37. The number of nitrogens with zero attached hydrogens (tertiary/aromatic N) is 4. The van der Waals surface area contributed by atoms with Gasteiger partial charge in [0.1, 0.15) is 12.4 Å². The second-order valence-electron chi connectivity index (χ2n) is 6.64. The summed E-state index contributed by atoms with van der Waals surface area (Å²) < 4.78 is 6.99. The van der Waals surface area contributed by atoms with E-state index in [0.717, 1.165) is 18.7 Å². The molecule has 1 atom stereocenters. The van der Waals surface area contributed by atoms with Gasteiger partial charge in [0.25, 0.3) is 0 Å². The van der Waals surface area contributed by atoms with Crippen LogP contribution in [0.1, 0.15) is 23.6 Å². The Labute approximate surface area is 193 Å². The maximum atomic E-state index is 12.2. The summed E-state index contributed by atoms with van der Waals surface area (Å²) >= 11 is 0. The third-order valence-corrected chi connectivity index (χ3v) is 4.47. The van der Waals surface area contributed by atoms with Gasteiger partial charge in [0.15, 0.2) is 11.8 Å². The molecule has 0 aliphatic carbocycles. The van der Waals surface area contributed by atoms with Gasteiger partial charge in [0.05, 0.1) is 13.1 Å². The second-order valence-corrected chi connectivity index (χ2v) is 6.64. The fraction of sp³-hybridized carbons (Fsp3) is 0.400. The van der Waals surface area contributed by atoms with Gasteiger partial charge in [0, 0.05) is 37.9 Å². The molecule has 0 spiro atoms. The first-order valence-corrected chi connectivity index (χ1v) is 9.36. The number of aromatic nitrogens is 3. The highest BCUT2D eigenvalue weighted by Crippen LogP contribution is 2.13. The number of ether oxygens (including phenoxy) is 1. The van der Waals surface area contributed by atoms with E-state index in [4.69, 9.17) is 11.2 Å². The Morgan fingerprint density at radius 2 is 2.30 bits per heavy atom. The van der Waals surface area contributed by atoms with Crippen LogP contribution < -0.4 is 16.0 Å². The number of carbonyl (C=O) groups is 1. The number of hydrogen-bond donors (Lipinski definition) is 3. The molecule has 2 aromatic rings. The molecule has 160 valence electrons. The SMILES string of the molecule is C#Cc1cccc(NC(=O)CNC(=NC)NC2CCc3nc(COC)nn3C2)c1.I. The van der Waals surface area contributed by atoms with Crippen LogP contribution in [-0.4, -0.2) is 53.4 Å². The summed E-state index contributed by atoms with van der Waals surface area (Å²) in [4.78, 5) is 20.9. The lowest BCUT2D eigenvalue weighted by atomic mass is 10.1. The largest absolute Gasteiger partial charge is 0.377 e. The van der Waals surface area contributed by atoms with E-state index >= 15 is 0 Å². The van der Waals surface area contributed by atoms with E-state index in [2.05, 4.69) is 36.9 Å². The first kappa shape index (κ1) is 23.6. The highest BCUT2D eigenvalue weighted by Gasteiger charge is 2.22. The lowest BCUT2D eigenvalue weighted by molar-refractivity contribution is -0.115. The van der Waals surface area contributed by atoms with E-state index in [9.17, 15) is 4.79 Å². The van der Waals surface area contributed by atoms with E-state index in [1.165, 1.54) is 0 Å². The van der Waals surface area contributed by atoms with Crippen molar-refractivity contribution in [2.45, 2.75) is 32.0 Å². The van der Waals surface area contributed by atoms with E-state index in [1.54, 1.807) is 32.4 Å². The highest BCUT2D eigenvalue weighted by atomic mass is 127.